The quantitative estimate of drug-likeness (QED) is 0.665. The summed E-state index contributed by atoms with van der Waals surface area (Å²) < 4.78 is 0. The molecule has 1 N–H and O–H groups in total. The first kappa shape index (κ1) is 13.7. The standard InChI is InChI=1S/C14H13N3O3/c18-14(12-3-5-13(6-4-12)17(19)20)16-9-7-11-2-1-8-15-10-11/h1-6,8,10H,7,9H2,(H,16,18). The molecule has 2 aromatic rings. The van der Waals surface area contributed by atoms with Gasteiger partial charge >= 0.3 is 0 Å². The molecule has 102 valence electrons. The number of nitrogens with one attached hydrogen (secondary N) is 1. The van der Waals surface area contributed by atoms with Gasteiger partial charge in [0.15, 0.2) is 0 Å². The molecule has 6 nitrogen and oxygen atoms in total. The normalized spacial score (nSPS) is 10.0. The Bertz CT molecular complexity index is 597. The van der Waals surface area contributed by atoms with E-state index in [0.717, 1.165) is 5.56 Å². The second-order valence-corrected chi connectivity index (χ2v) is 4.17. The van der Waals surface area contributed by atoms with E-state index >= 15 is 0 Å². The van der Waals surface area contributed by atoms with Crippen LogP contribution in [0.15, 0.2) is 48.8 Å². The molecule has 0 radical (unpaired) electrons. The average Bonchev–Trinajstić information content (AvgIpc) is 2.48. The molecule has 0 bridgehead atoms. The van der Waals surface area contributed by atoms with E-state index in [-0.39, 0.29) is 11.6 Å². The number of nitrogens with zero attached hydrogens (tertiary/aromatic N) is 2. The lowest BCUT2D eigenvalue weighted by molar-refractivity contribution is -0.384. The first-order valence-corrected chi connectivity index (χ1v) is 6.08. The van der Waals surface area contributed by atoms with Gasteiger partial charge in [0, 0.05) is 36.6 Å². The zero-order valence-corrected chi connectivity index (χ0v) is 10.7. The van der Waals surface area contributed by atoms with Crippen molar-refractivity contribution in [2.45, 2.75) is 6.42 Å². The minimum atomic E-state index is -0.496. The van der Waals surface area contributed by atoms with Crippen molar-refractivity contribution in [1.82, 2.24) is 10.3 Å². The Morgan fingerprint density at radius 3 is 2.60 bits per heavy atom. The zero-order chi connectivity index (χ0) is 14.4. The highest BCUT2D eigenvalue weighted by molar-refractivity contribution is 5.94. The largest absolute Gasteiger partial charge is 0.352 e. The molecule has 0 unspecified atom stereocenters. The van der Waals surface area contributed by atoms with Crippen LogP contribution in [-0.2, 0) is 6.42 Å². The molecule has 1 amide bonds. The van der Waals surface area contributed by atoms with Gasteiger partial charge in [-0.3, -0.25) is 19.9 Å². The second kappa shape index (κ2) is 6.42. The van der Waals surface area contributed by atoms with Crippen LogP contribution < -0.4 is 5.32 Å². The maximum absolute atomic E-state index is 11.8. The van der Waals surface area contributed by atoms with Crippen molar-refractivity contribution in [2.75, 3.05) is 6.54 Å². The highest BCUT2D eigenvalue weighted by Crippen LogP contribution is 2.11. The molecule has 0 saturated carbocycles. The summed E-state index contributed by atoms with van der Waals surface area (Å²) in [4.78, 5) is 25.8. The van der Waals surface area contributed by atoms with Crippen molar-refractivity contribution >= 4 is 11.6 Å². The summed E-state index contributed by atoms with van der Waals surface area (Å²) in [5, 5.41) is 13.3. The van der Waals surface area contributed by atoms with E-state index in [2.05, 4.69) is 10.3 Å². The van der Waals surface area contributed by atoms with Gasteiger partial charge in [-0.25, -0.2) is 0 Å². The van der Waals surface area contributed by atoms with Gasteiger partial charge in [0.05, 0.1) is 4.92 Å². The fourth-order valence-electron chi connectivity index (χ4n) is 1.70. The van der Waals surface area contributed by atoms with Crippen LogP contribution in [0.1, 0.15) is 15.9 Å². The Morgan fingerprint density at radius 1 is 1.25 bits per heavy atom. The van der Waals surface area contributed by atoms with E-state index in [9.17, 15) is 14.9 Å². The number of carbonyl (C=O) groups excluding carboxylic acids is 1. The molecule has 6 heteroatoms. The molecule has 1 aromatic carbocycles. The third kappa shape index (κ3) is 3.61. The van der Waals surface area contributed by atoms with Gasteiger partial charge in [-0.2, -0.15) is 0 Å². The summed E-state index contributed by atoms with van der Waals surface area (Å²) in [7, 11) is 0. The van der Waals surface area contributed by atoms with E-state index in [1.165, 1.54) is 24.3 Å². The number of nitro groups is 1. The third-order valence-electron chi connectivity index (χ3n) is 2.76. The molecule has 0 aliphatic carbocycles. The minimum absolute atomic E-state index is 0.0306. The molecular formula is C14H13N3O3. The molecule has 0 aliphatic rings. The molecule has 0 spiro atoms. The summed E-state index contributed by atoms with van der Waals surface area (Å²) in [6.07, 6.45) is 4.13. The summed E-state index contributed by atoms with van der Waals surface area (Å²) in [5.41, 5.74) is 1.41. The zero-order valence-electron chi connectivity index (χ0n) is 10.7. The van der Waals surface area contributed by atoms with Crippen molar-refractivity contribution in [3.8, 4) is 0 Å². The number of hydrogen-bond donors (Lipinski definition) is 1. The van der Waals surface area contributed by atoms with Crippen LogP contribution in [0.3, 0.4) is 0 Å². The van der Waals surface area contributed by atoms with Crippen molar-refractivity contribution in [3.63, 3.8) is 0 Å². The molecule has 1 aromatic heterocycles. The van der Waals surface area contributed by atoms with Gasteiger partial charge in [0.2, 0.25) is 0 Å². The van der Waals surface area contributed by atoms with Crippen molar-refractivity contribution in [2.24, 2.45) is 0 Å². The number of non-ortho nitro benzene ring substituents is 1. The minimum Gasteiger partial charge on any atom is -0.352 e. The van der Waals surface area contributed by atoms with Crippen LogP contribution in [0.25, 0.3) is 0 Å². The van der Waals surface area contributed by atoms with Gasteiger partial charge in [0.1, 0.15) is 0 Å². The number of carbonyl (C=O) groups is 1. The Balaban J connectivity index is 1.87. The van der Waals surface area contributed by atoms with Crippen LogP contribution in [0, 0.1) is 10.1 Å². The number of amides is 1. The van der Waals surface area contributed by atoms with Crippen molar-refractivity contribution < 1.29 is 9.72 Å². The number of rotatable bonds is 5. The molecule has 0 atom stereocenters. The average molecular weight is 271 g/mol. The maximum atomic E-state index is 11.8. The molecule has 0 aliphatic heterocycles. The summed E-state index contributed by atoms with van der Waals surface area (Å²) in [6.45, 7) is 0.488. The molecule has 1 heterocycles. The van der Waals surface area contributed by atoms with E-state index in [1.54, 1.807) is 12.4 Å². The Hall–Kier alpha value is -2.76. The number of hydrogen-bond acceptors (Lipinski definition) is 4. The molecule has 2 rings (SSSR count). The topological polar surface area (TPSA) is 85.1 Å². The lowest BCUT2D eigenvalue weighted by Crippen LogP contribution is -2.25. The predicted molar refractivity (Wildman–Crippen MR) is 73.4 cm³/mol. The smallest absolute Gasteiger partial charge is 0.269 e. The van der Waals surface area contributed by atoms with Crippen molar-refractivity contribution in [1.29, 1.82) is 0 Å². The fraction of sp³-hybridized carbons (Fsp3) is 0.143. The number of pyridine rings is 1. The fourth-order valence-corrected chi connectivity index (χ4v) is 1.70. The molecule has 0 fully saturated rings. The lowest BCUT2D eigenvalue weighted by atomic mass is 10.2. The number of nitro benzene ring substituents is 1. The van der Waals surface area contributed by atoms with Crippen LogP contribution in [0.5, 0.6) is 0 Å². The van der Waals surface area contributed by atoms with Gasteiger partial charge < -0.3 is 5.32 Å². The third-order valence-corrected chi connectivity index (χ3v) is 2.76. The number of benzene rings is 1. The Kier molecular flexibility index (Phi) is 4.39. The SMILES string of the molecule is O=C(NCCc1cccnc1)c1ccc([N+](=O)[O-])cc1. The van der Waals surface area contributed by atoms with Crippen molar-refractivity contribution in [3.05, 3.63) is 70.0 Å². The highest BCUT2D eigenvalue weighted by atomic mass is 16.6. The van der Waals surface area contributed by atoms with Gasteiger partial charge in [-0.05, 0) is 30.2 Å². The highest BCUT2D eigenvalue weighted by Gasteiger charge is 2.08. The van der Waals surface area contributed by atoms with E-state index < -0.39 is 4.92 Å². The van der Waals surface area contributed by atoms with E-state index in [1.807, 2.05) is 12.1 Å². The Morgan fingerprint density at radius 2 is 2.00 bits per heavy atom. The maximum Gasteiger partial charge on any atom is 0.269 e. The van der Waals surface area contributed by atoms with Crippen LogP contribution in [0.2, 0.25) is 0 Å². The summed E-state index contributed by atoms with van der Waals surface area (Å²) >= 11 is 0. The summed E-state index contributed by atoms with van der Waals surface area (Å²) in [5.74, 6) is -0.246. The van der Waals surface area contributed by atoms with E-state index in [4.69, 9.17) is 0 Å². The predicted octanol–water partition coefficient (Wildman–Crippen LogP) is 1.96. The Labute approximate surface area is 115 Å². The van der Waals surface area contributed by atoms with Crippen LogP contribution >= 0.6 is 0 Å². The second-order valence-electron chi connectivity index (χ2n) is 4.17. The monoisotopic (exact) mass is 271 g/mol. The first-order valence-electron chi connectivity index (χ1n) is 6.08. The van der Waals surface area contributed by atoms with E-state index in [0.29, 0.717) is 18.5 Å². The van der Waals surface area contributed by atoms with Gasteiger partial charge in [0.25, 0.3) is 11.6 Å². The first-order chi connectivity index (χ1) is 9.66. The summed E-state index contributed by atoms with van der Waals surface area (Å²) in [6, 6.07) is 9.29. The van der Waals surface area contributed by atoms with Crippen LogP contribution in [-0.4, -0.2) is 22.4 Å². The number of aromatic nitrogens is 1. The molecular weight excluding hydrogens is 258 g/mol. The van der Waals surface area contributed by atoms with Crippen LogP contribution in [0.4, 0.5) is 5.69 Å². The van der Waals surface area contributed by atoms with Gasteiger partial charge in [-0.15, -0.1) is 0 Å². The molecule has 0 saturated heterocycles. The van der Waals surface area contributed by atoms with Gasteiger partial charge in [-0.1, -0.05) is 6.07 Å². The lowest BCUT2D eigenvalue weighted by Gasteiger charge is -2.05. The molecule has 20 heavy (non-hydrogen) atoms.